The Hall–Kier alpha value is -4.19. The normalized spacial score (nSPS) is 19.3. The summed E-state index contributed by atoms with van der Waals surface area (Å²) in [5.74, 6) is -1.40. The monoisotopic (exact) mass is 495 g/mol. The Kier molecular flexibility index (Phi) is 6.66. The Balaban J connectivity index is 1.57. The third-order valence-electron chi connectivity index (χ3n) is 7.21. The first kappa shape index (κ1) is 24.5. The minimum atomic E-state index is -0.552. The minimum absolute atomic E-state index is 0.0213. The molecule has 0 aromatic heterocycles. The molecule has 0 radical (unpaired) electrons. The van der Waals surface area contributed by atoms with Crippen molar-refractivity contribution in [3.8, 4) is 0 Å². The lowest BCUT2D eigenvalue weighted by molar-refractivity contribution is -0.116. The molecule has 188 valence electrons. The van der Waals surface area contributed by atoms with Crippen molar-refractivity contribution in [2.24, 2.45) is 0 Å². The van der Waals surface area contributed by atoms with Crippen molar-refractivity contribution >= 4 is 23.1 Å². The largest absolute Gasteiger partial charge is 0.378 e. The van der Waals surface area contributed by atoms with Crippen molar-refractivity contribution in [3.63, 3.8) is 0 Å². The Bertz CT molecular complexity index is 1410. The Morgan fingerprint density at radius 3 is 2.27 bits per heavy atom. The van der Waals surface area contributed by atoms with Crippen LogP contribution in [0.2, 0.25) is 0 Å². The van der Waals surface area contributed by atoms with Crippen LogP contribution < -0.4 is 15.5 Å². The number of allylic oxidation sites excluding steroid dienone is 3. The molecule has 5 rings (SSSR count). The van der Waals surface area contributed by atoms with E-state index in [9.17, 15) is 14.0 Å². The summed E-state index contributed by atoms with van der Waals surface area (Å²) in [6, 6.07) is 24.1. The number of nitrogens with zero attached hydrogens (tertiary/aromatic N) is 1. The second-order valence-corrected chi connectivity index (χ2v) is 9.85. The minimum Gasteiger partial charge on any atom is -0.378 e. The van der Waals surface area contributed by atoms with E-state index in [1.54, 1.807) is 12.1 Å². The average molecular weight is 496 g/mol. The molecule has 0 spiro atoms. The van der Waals surface area contributed by atoms with Gasteiger partial charge < -0.3 is 15.5 Å². The van der Waals surface area contributed by atoms with Crippen LogP contribution in [0.15, 0.2) is 101 Å². The fourth-order valence-electron chi connectivity index (χ4n) is 5.35. The van der Waals surface area contributed by atoms with Gasteiger partial charge >= 0.3 is 0 Å². The standard InChI is InChI=1S/C31H30FN3O2/c1-19-28(31(37)34-25-12-8-7-11-24(25)32)29(21-13-15-23(16-14-21)35(2)3)30-26(33-19)17-22(18-27(30)36)20-9-5-4-6-10-20/h4-16,22,29,33H,17-18H2,1-3H3,(H,34,37)/t22-,29-/m1/s1. The van der Waals surface area contributed by atoms with Gasteiger partial charge in [0.25, 0.3) is 5.91 Å². The number of carbonyl (C=O) groups excluding carboxylic acids is 2. The number of halogens is 1. The lowest BCUT2D eigenvalue weighted by Crippen LogP contribution is -2.37. The highest BCUT2D eigenvalue weighted by Gasteiger charge is 2.41. The summed E-state index contributed by atoms with van der Waals surface area (Å²) in [5.41, 5.74) is 5.66. The fraction of sp³-hybridized carbons (Fsp3) is 0.226. The first-order chi connectivity index (χ1) is 17.8. The van der Waals surface area contributed by atoms with Crippen molar-refractivity contribution < 1.29 is 14.0 Å². The summed E-state index contributed by atoms with van der Waals surface area (Å²) in [7, 11) is 3.93. The predicted octanol–water partition coefficient (Wildman–Crippen LogP) is 5.89. The number of rotatable bonds is 5. The molecule has 2 N–H and O–H groups in total. The Labute approximate surface area is 216 Å². The smallest absolute Gasteiger partial charge is 0.254 e. The van der Waals surface area contributed by atoms with E-state index < -0.39 is 17.6 Å². The number of para-hydroxylation sites is 1. The van der Waals surface area contributed by atoms with Crippen LogP contribution in [0.25, 0.3) is 0 Å². The van der Waals surface area contributed by atoms with Gasteiger partial charge in [-0.05, 0) is 54.7 Å². The van der Waals surface area contributed by atoms with Gasteiger partial charge in [-0.2, -0.15) is 0 Å². The second kappa shape index (κ2) is 10.1. The third kappa shape index (κ3) is 4.79. The molecule has 0 saturated heterocycles. The number of hydrogen-bond donors (Lipinski definition) is 2. The molecular formula is C31H30FN3O2. The quantitative estimate of drug-likeness (QED) is 0.463. The van der Waals surface area contributed by atoms with E-state index in [0.717, 1.165) is 22.5 Å². The van der Waals surface area contributed by atoms with Crippen LogP contribution >= 0.6 is 0 Å². The number of amides is 1. The van der Waals surface area contributed by atoms with Gasteiger partial charge in [-0.15, -0.1) is 0 Å². The highest BCUT2D eigenvalue weighted by atomic mass is 19.1. The molecule has 0 saturated carbocycles. The number of benzene rings is 3. The average Bonchev–Trinajstić information content (AvgIpc) is 2.89. The first-order valence-corrected chi connectivity index (χ1v) is 12.5. The first-order valence-electron chi connectivity index (χ1n) is 12.5. The zero-order valence-electron chi connectivity index (χ0n) is 21.2. The molecule has 6 heteroatoms. The molecule has 0 bridgehead atoms. The van der Waals surface area contributed by atoms with E-state index in [1.165, 1.54) is 12.1 Å². The predicted molar refractivity (Wildman–Crippen MR) is 145 cm³/mol. The lowest BCUT2D eigenvalue weighted by atomic mass is 9.71. The van der Waals surface area contributed by atoms with Gasteiger partial charge in [0.2, 0.25) is 0 Å². The van der Waals surface area contributed by atoms with E-state index in [1.807, 2.05) is 68.4 Å². The number of ketones is 1. The van der Waals surface area contributed by atoms with E-state index in [4.69, 9.17) is 0 Å². The topological polar surface area (TPSA) is 61.4 Å². The molecule has 1 heterocycles. The van der Waals surface area contributed by atoms with Crippen LogP contribution in [0, 0.1) is 5.82 Å². The van der Waals surface area contributed by atoms with Gasteiger partial charge in [0.15, 0.2) is 5.78 Å². The van der Waals surface area contributed by atoms with Gasteiger partial charge in [0.1, 0.15) is 5.82 Å². The molecule has 5 nitrogen and oxygen atoms in total. The summed E-state index contributed by atoms with van der Waals surface area (Å²) in [6.07, 6.45) is 1.05. The van der Waals surface area contributed by atoms with Crippen molar-refractivity contribution in [1.29, 1.82) is 0 Å². The third-order valence-corrected chi connectivity index (χ3v) is 7.21. The SMILES string of the molecule is CC1=C(C(=O)Nc2ccccc2F)[C@@H](c2ccc(N(C)C)cc2)C2=C(C[C@@H](c3ccccc3)CC2=O)N1. The lowest BCUT2D eigenvalue weighted by Gasteiger charge is -2.37. The molecule has 1 aliphatic carbocycles. The second-order valence-electron chi connectivity index (χ2n) is 9.85. The summed E-state index contributed by atoms with van der Waals surface area (Å²) >= 11 is 0. The van der Waals surface area contributed by atoms with Crippen LogP contribution in [0.1, 0.15) is 42.7 Å². The van der Waals surface area contributed by atoms with Crippen molar-refractivity contribution in [1.82, 2.24) is 5.32 Å². The van der Waals surface area contributed by atoms with Crippen molar-refractivity contribution in [2.45, 2.75) is 31.6 Å². The van der Waals surface area contributed by atoms with E-state index in [0.29, 0.717) is 29.7 Å². The van der Waals surface area contributed by atoms with Gasteiger partial charge in [0, 0.05) is 54.7 Å². The molecule has 37 heavy (non-hydrogen) atoms. The number of anilines is 2. The van der Waals surface area contributed by atoms with Crippen molar-refractivity contribution in [3.05, 3.63) is 118 Å². The van der Waals surface area contributed by atoms with Gasteiger partial charge in [-0.3, -0.25) is 9.59 Å². The maximum absolute atomic E-state index is 14.4. The van der Waals surface area contributed by atoms with Crippen LogP contribution in [-0.4, -0.2) is 25.8 Å². The fourth-order valence-corrected chi connectivity index (χ4v) is 5.35. The Morgan fingerprint density at radius 2 is 1.59 bits per heavy atom. The zero-order valence-corrected chi connectivity index (χ0v) is 21.2. The summed E-state index contributed by atoms with van der Waals surface area (Å²) in [4.78, 5) is 29.4. The molecule has 0 fully saturated rings. The molecule has 0 unspecified atom stereocenters. The zero-order chi connectivity index (χ0) is 26.1. The summed E-state index contributed by atoms with van der Waals surface area (Å²) < 4.78 is 14.4. The molecular weight excluding hydrogens is 465 g/mol. The molecule has 2 atom stereocenters. The van der Waals surface area contributed by atoms with Gasteiger partial charge in [0.05, 0.1) is 5.69 Å². The number of Topliss-reactive ketones (excluding diaryl/α,β-unsaturated/α-hetero) is 1. The maximum atomic E-state index is 14.4. The van der Waals surface area contributed by atoms with Crippen LogP contribution in [0.5, 0.6) is 0 Å². The van der Waals surface area contributed by atoms with E-state index in [2.05, 4.69) is 22.8 Å². The van der Waals surface area contributed by atoms with Crippen LogP contribution in [0.4, 0.5) is 15.8 Å². The van der Waals surface area contributed by atoms with E-state index in [-0.39, 0.29) is 17.4 Å². The maximum Gasteiger partial charge on any atom is 0.254 e. The molecule has 1 aliphatic heterocycles. The number of carbonyl (C=O) groups is 2. The van der Waals surface area contributed by atoms with Gasteiger partial charge in [-0.1, -0.05) is 54.6 Å². The summed E-state index contributed by atoms with van der Waals surface area (Å²) in [5, 5.41) is 6.12. The molecule has 3 aromatic carbocycles. The highest BCUT2D eigenvalue weighted by molar-refractivity contribution is 6.10. The molecule has 3 aromatic rings. The van der Waals surface area contributed by atoms with Crippen LogP contribution in [-0.2, 0) is 9.59 Å². The highest BCUT2D eigenvalue weighted by Crippen LogP contribution is 2.45. The van der Waals surface area contributed by atoms with E-state index >= 15 is 0 Å². The molecule has 2 aliphatic rings. The molecule has 1 amide bonds. The van der Waals surface area contributed by atoms with Crippen LogP contribution in [0.3, 0.4) is 0 Å². The number of nitrogens with one attached hydrogen (secondary N) is 2. The summed E-state index contributed by atoms with van der Waals surface area (Å²) in [6.45, 7) is 1.85. The van der Waals surface area contributed by atoms with Gasteiger partial charge in [-0.25, -0.2) is 4.39 Å². The van der Waals surface area contributed by atoms with Crippen molar-refractivity contribution in [2.75, 3.05) is 24.3 Å². The Morgan fingerprint density at radius 1 is 0.919 bits per heavy atom. The number of dihydropyridines is 1. The number of hydrogen-bond acceptors (Lipinski definition) is 4.